The van der Waals surface area contributed by atoms with Gasteiger partial charge in [-0.15, -0.1) is 0 Å². The second-order valence-corrected chi connectivity index (χ2v) is 6.57. The van der Waals surface area contributed by atoms with E-state index in [0.717, 1.165) is 11.8 Å². The Morgan fingerprint density at radius 1 is 1.26 bits per heavy atom. The fraction of sp³-hybridized carbons (Fsp3) is 0.389. The van der Waals surface area contributed by atoms with Gasteiger partial charge in [0.15, 0.2) is 18.1 Å². The summed E-state index contributed by atoms with van der Waals surface area (Å²) in [5.74, 6) is -0.121. The summed E-state index contributed by atoms with van der Waals surface area (Å²) < 4.78 is 15.8. The van der Waals surface area contributed by atoms with Crippen molar-refractivity contribution in [2.45, 2.75) is 13.3 Å². The number of hydrogen-bond donors (Lipinski definition) is 1. The fourth-order valence-corrected chi connectivity index (χ4v) is 3.23. The van der Waals surface area contributed by atoms with Crippen LogP contribution in [0.15, 0.2) is 23.1 Å². The molecule has 1 aliphatic heterocycles. The van der Waals surface area contributed by atoms with Crippen molar-refractivity contribution in [1.29, 1.82) is 0 Å². The maximum atomic E-state index is 12.4. The number of amides is 3. The molecule has 1 saturated heterocycles. The lowest BCUT2D eigenvalue weighted by Crippen LogP contribution is -2.29. The Morgan fingerprint density at radius 2 is 2.04 bits per heavy atom. The van der Waals surface area contributed by atoms with Gasteiger partial charge in [-0.1, -0.05) is 6.07 Å². The zero-order valence-electron chi connectivity index (χ0n) is 15.2. The van der Waals surface area contributed by atoms with Gasteiger partial charge < -0.3 is 19.9 Å². The Hall–Kier alpha value is -2.52. The summed E-state index contributed by atoms with van der Waals surface area (Å²) in [4.78, 5) is 36.9. The molecule has 1 heterocycles. The van der Waals surface area contributed by atoms with Crippen molar-refractivity contribution < 1.29 is 28.6 Å². The highest BCUT2D eigenvalue weighted by molar-refractivity contribution is 8.18. The predicted molar refractivity (Wildman–Crippen MR) is 101 cm³/mol. The number of carbonyl (C=O) groups excluding carboxylic acids is 3. The van der Waals surface area contributed by atoms with Crippen molar-refractivity contribution in [3.05, 3.63) is 28.7 Å². The molecule has 0 saturated carbocycles. The third-order valence-electron chi connectivity index (χ3n) is 3.54. The lowest BCUT2D eigenvalue weighted by molar-refractivity contribution is -0.123. The van der Waals surface area contributed by atoms with Crippen LogP contribution < -0.4 is 15.2 Å². The SMILES string of the molecule is CCOc1cc(/C=C2/SC(=O)N(CCCOC)C2=O)ccc1OCC(N)=O. The molecule has 8 nitrogen and oxygen atoms in total. The van der Waals surface area contributed by atoms with Gasteiger partial charge in [-0.2, -0.15) is 0 Å². The van der Waals surface area contributed by atoms with Gasteiger partial charge in [0.2, 0.25) is 0 Å². The van der Waals surface area contributed by atoms with E-state index >= 15 is 0 Å². The largest absolute Gasteiger partial charge is 0.490 e. The van der Waals surface area contributed by atoms with Crippen LogP contribution in [0.2, 0.25) is 0 Å². The number of hydrogen-bond acceptors (Lipinski definition) is 7. The molecule has 0 aliphatic carbocycles. The summed E-state index contributed by atoms with van der Waals surface area (Å²) >= 11 is 0.897. The molecule has 2 rings (SSSR count). The zero-order valence-corrected chi connectivity index (χ0v) is 16.0. The maximum absolute atomic E-state index is 12.4. The molecular weight excluding hydrogens is 372 g/mol. The Bertz CT molecular complexity index is 749. The quantitative estimate of drug-likeness (QED) is 0.478. The van der Waals surface area contributed by atoms with Gasteiger partial charge in [0.1, 0.15) is 0 Å². The Kier molecular flexibility index (Phi) is 7.68. The number of rotatable bonds is 10. The fourth-order valence-electron chi connectivity index (χ4n) is 2.36. The van der Waals surface area contributed by atoms with E-state index in [4.69, 9.17) is 19.9 Å². The van der Waals surface area contributed by atoms with Crippen LogP contribution in [-0.4, -0.2) is 55.4 Å². The molecule has 0 spiro atoms. The molecule has 0 aromatic heterocycles. The lowest BCUT2D eigenvalue weighted by atomic mass is 10.2. The topological polar surface area (TPSA) is 108 Å². The number of benzene rings is 1. The molecule has 0 radical (unpaired) electrons. The first-order chi connectivity index (χ1) is 13.0. The first-order valence-electron chi connectivity index (χ1n) is 8.38. The number of nitrogens with zero attached hydrogens (tertiary/aromatic N) is 1. The molecular formula is C18H22N2O6S. The Balaban J connectivity index is 2.17. The van der Waals surface area contributed by atoms with Gasteiger partial charge >= 0.3 is 0 Å². The highest BCUT2D eigenvalue weighted by Crippen LogP contribution is 2.34. The summed E-state index contributed by atoms with van der Waals surface area (Å²) in [5, 5.41) is -0.297. The van der Waals surface area contributed by atoms with Crippen LogP contribution in [0, 0.1) is 0 Å². The van der Waals surface area contributed by atoms with Crippen molar-refractivity contribution in [3.8, 4) is 11.5 Å². The highest BCUT2D eigenvalue weighted by atomic mass is 32.2. The van der Waals surface area contributed by atoms with E-state index in [-0.39, 0.29) is 17.8 Å². The van der Waals surface area contributed by atoms with E-state index in [9.17, 15) is 14.4 Å². The number of imide groups is 1. The molecule has 9 heteroatoms. The number of carbonyl (C=O) groups is 3. The summed E-state index contributed by atoms with van der Waals surface area (Å²) in [6.45, 7) is 2.74. The van der Waals surface area contributed by atoms with Crippen LogP contribution in [0.3, 0.4) is 0 Å². The number of primary amides is 1. The zero-order chi connectivity index (χ0) is 19.8. The lowest BCUT2D eigenvalue weighted by Gasteiger charge is -2.12. The average molecular weight is 394 g/mol. The standard InChI is InChI=1S/C18H22N2O6S/c1-3-25-14-9-12(5-6-13(14)26-11-16(19)21)10-15-17(22)20(18(23)27-15)7-4-8-24-2/h5-6,9-10H,3-4,7-8,11H2,1-2H3,(H2,19,21)/b15-10+. The van der Waals surface area contributed by atoms with E-state index in [2.05, 4.69) is 0 Å². The highest BCUT2D eigenvalue weighted by Gasteiger charge is 2.34. The first kappa shape index (κ1) is 20.8. The molecule has 27 heavy (non-hydrogen) atoms. The minimum Gasteiger partial charge on any atom is -0.490 e. The second kappa shape index (κ2) is 9.98. The smallest absolute Gasteiger partial charge is 0.293 e. The van der Waals surface area contributed by atoms with E-state index in [1.54, 1.807) is 31.4 Å². The number of nitrogens with two attached hydrogens (primary N) is 1. The molecule has 3 amide bonds. The molecule has 2 N–H and O–H groups in total. The molecule has 1 fully saturated rings. The van der Waals surface area contributed by atoms with E-state index in [1.165, 1.54) is 4.90 Å². The Labute approximate surface area is 161 Å². The molecule has 1 aliphatic rings. The summed E-state index contributed by atoms with van der Waals surface area (Å²) in [5.41, 5.74) is 5.76. The van der Waals surface area contributed by atoms with Gasteiger partial charge in [-0.3, -0.25) is 19.3 Å². The number of methoxy groups -OCH3 is 1. The molecule has 1 aromatic carbocycles. The minimum atomic E-state index is -0.594. The van der Waals surface area contributed by atoms with Gasteiger partial charge in [-0.25, -0.2) is 0 Å². The van der Waals surface area contributed by atoms with Crippen LogP contribution in [0.4, 0.5) is 4.79 Å². The number of ether oxygens (including phenoxy) is 3. The third kappa shape index (κ3) is 5.73. The summed E-state index contributed by atoms with van der Waals surface area (Å²) in [6.07, 6.45) is 2.21. The maximum Gasteiger partial charge on any atom is 0.293 e. The van der Waals surface area contributed by atoms with Crippen molar-refractivity contribution in [2.75, 3.05) is 33.5 Å². The van der Waals surface area contributed by atoms with Crippen molar-refractivity contribution in [1.82, 2.24) is 4.90 Å². The Morgan fingerprint density at radius 3 is 2.70 bits per heavy atom. The van der Waals surface area contributed by atoms with Crippen molar-refractivity contribution >= 4 is 34.9 Å². The van der Waals surface area contributed by atoms with Gasteiger partial charge in [0.25, 0.3) is 17.1 Å². The average Bonchev–Trinajstić information content (AvgIpc) is 2.88. The minimum absolute atomic E-state index is 0.264. The predicted octanol–water partition coefficient (Wildman–Crippen LogP) is 2.02. The summed E-state index contributed by atoms with van der Waals surface area (Å²) in [7, 11) is 1.57. The monoisotopic (exact) mass is 394 g/mol. The molecule has 0 atom stereocenters. The molecule has 146 valence electrons. The van der Waals surface area contributed by atoms with Crippen molar-refractivity contribution in [2.24, 2.45) is 5.73 Å². The third-order valence-corrected chi connectivity index (χ3v) is 4.45. The van der Waals surface area contributed by atoms with E-state index in [0.29, 0.717) is 48.1 Å². The van der Waals surface area contributed by atoms with Gasteiger partial charge in [-0.05, 0) is 48.9 Å². The molecule has 0 bridgehead atoms. The normalized spacial score (nSPS) is 15.5. The first-order valence-corrected chi connectivity index (χ1v) is 9.20. The second-order valence-electron chi connectivity index (χ2n) is 5.57. The summed E-state index contributed by atoms with van der Waals surface area (Å²) in [6, 6.07) is 5.01. The van der Waals surface area contributed by atoms with Crippen LogP contribution >= 0.6 is 11.8 Å². The van der Waals surface area contributed by atoms with Crippen LogP contribution in [0.5, 0.6) is 11.5 Å². The van der Waals surface area contributed by atoms with Gasteiger partial charge in [0, 0.05) is 20.3 Å². The van der Waals surface area contributed by atoms with E-state index in [1.807, 2.05) is 6.92 Å². The van der Waals surface area contributed by atoms with Crippen LogP contribution in [0.25, 0.3) is 6.08 Å². The van der Waals surface area contributed by atoms with Crippen LogP contribution in [-0.2, 0) is 14.3 Å². The van der Waals surface area contributed by atoms with E-state index < -0.39 is 5.91 Å². The van der Waals surface area contributed by atoms with Gasteiger partial charge in [0.05, 0.1) is 11.5 Å². The van der Waals surface area contributed by atoms with Crippen molar-refractivity contribution in [3.63, 3.8) is 0 Å². The molecule has 0 unspecified atom stereocenters. The number of thioether (sulfide) groups is 1. The molecule has 1 aromatic rings. The van der Waals surface area contributed by atoms with Crippen LogP contribution in [0.1, 0.15) is 18.9 Å².